The normalized spacial score (nSPS) is 10.9. The maximum absolute atomic E-state index is 12.1. The molecule has 0 amide bonds. The molecule has 3 rings (SSSR count). The van der Waals surface area contributed by atoms with Gasteiger partial charge in [-0.2, -0.15) is 0 Å². The van der Waals surface area contributed by atoms with Crippen molar-refractivity contribution in [2.75, 3.05) is 0 Å². The van der Waals surface area contributed by atoms with Crippen molar-refractivity contribution in [2.24, 2.45) is 0 Å². The monoisotopic (exact) mass is 394 g/mol. The number of allylic oxidation sites excluding steroid dienone is 1. The molecular formula is C29H30O. The Balaban J connectivity index is 1.34. The van der Waals surface area contributed by atoms with E-state index in [4.69, 9.17) is 0 Å². The van der Waals surface area contributed by atoms with Crippen LogP contribution in [0.1, 0.15) is 58.3 Å². The Hall–Kier alpha value is -3.19. The molecule has 0 N–H and O–H groups in total. The van der Waals surface area contributed by atoms with E-state index in [2.05, 4.69) is 55.1 Å². The van der Waals surface area contributed by atoms with Crippen molar-refractivity contribution < 1.29 is 4.79 Å². The van der Waals surface area contributed by atoms with Crippen LogP contribution in [-0.2, 0) is 12.8 Å². The predicted molar refractivity (Wildman–Crippen MR) is 129 cm³/mol. The van der Waals surface area contributed by atoms with Gasteiger partial charge in [0.05, 0.1) is 0 Å². The molecule has 0 bridgehead atoms. The summed E-state index contributed by atoms with van der Waals surface area (Å²) in [6.45, 7) is 3.80. The fourth-order valence-corrected chi connectivity index (χ4v) is 3.50. The van der Waals surface area contributed by atoms with E-state index in [1.54, 1.807) is 6.08 Å². The zero-order chi connectivity index (χ0) is 21.0. The highest BCUT2D eigenvalue weighted by atomic mass is 16.1. The van der Waals surface area contributed by atoms with Gasteiger partial charge >= 0.3 is 0 Å². The van der Waals surface area contributed by atoms with Crippen molar-refractivity contribution in [3.8, 4) is 0 Å². The number of aryl methyl sites for hydroxylation is 2. The Morgan fingerprint density at radius 3 is 1.73 bits per heavy atom. The summed E-state index contributed by atoms with van der Waals surface area (Å²) < 4.78 is 0. The van der Waals surface area contributed by atoms with Gasteiger partial charge in [-0.15, -0.1) is 0 Å². The fraction of sp³-hybridized carbons (Fsp3) is 0.207. The van der Waals surface area contributed by atoms with Crippen LogP contribution in [0.25, 0.3) is 12.2 Å². The third-order valence-electron chi connectivity index (χ3n) is 5.36. The minimum Gasteiger partial charge on any atom is -0.289 e. The summed E-state index contributed by atoms with van der Waals surface area (Å²) in [5.41, 5.74) is 5.74. The molecule has 0 radical (unpaired) electrons. The molecule has 0 atom stereocenters. The van der Waals surface area contributed by atoms with Crippen molar-refractivity contribution >= 4 is 17.9 Å². The average molecular weight is 395 g/mol. The van der Waals surface area contributed by atoms with Crippen molar-refractivity contribution in [2.45, 2.75) is 38.5 Å². The van der Waals surface area contributed by atoms with Crippen LogP contribution in [-0.4, -0.2) is 5.78 Å². The van der Waals surface area contributed by atoms with E-state index in [9.17, 15) is 4.79 Å². The molecule has 0 aliphatic carbocycles. The maximum Gasteiger partial charge on any atom is 0.185 e. The molecule has 0 aliphatic rings. The highest BCUT2D eigenvalue weighted by Crippen LogP contribution is 2.14. The van der Waals surface area contributed by atoms with E-state index in [1.807, 2.05) is 42.5 Å². The first kappa shape index (κ1) is 21.5. The zero-order valence-electron chi connectivity index (χ0n) is 17.6. The molecule has 3 aromatic carbocycles. The van der Waals surface area contributed by atoms with Crippen LogP contribution < -0.4 is 0 Å². The Labute approximate surface area is 180 Å². The van der Waals surface area contributed by atoms with Crippen LogP contribution in [0.4, 0.5) is 0 Å². The minimum absolute atomic E-state index is 0.0383. The number of carbonyl (C=O) groups excluding carboxylic acids is 1. The molecule has 1 nitrogen and oxygen atoms in total. The van der Waals surface area contributed by atoms with Gasteiger partial charge in [0.25, 0.3) is 0 Å². The highest BCUT2D eigenvalue weighted by molar-refractivity contribution is 6.06. The third-order valence-corrected chi connectivity index (χ3v) is 5.36. The Morgan fingerprint density at radius 2 is 1.20 bits per heavy atom. The number of ketones is 1. The lowest BCUT2D eigenvalue weighted by molar-refractivity contribution is 0.104. The largest absolute Gasteiger partial charge is 0.289 e. The second kappa shape index (κ2) is 11.7. The quantitative estimate of drug-likeness (QED) is 0.186. The molecule has 0 saturated heterocycles. The van der Waals surface area contributed by atoms with Gasteiger partial charge in [0.15, 0.2) is 5.78 Å². The first-order valence-corrected chi connectivity index (χ1v) is 10.8. The standard InChI is InChI=1S/C29H30O/c1-2-24-14-16-25(17-15-24)10-6-3-4-7-11-26-18-20-27(21-19-26)22-23-29(30)28-12-8-5-9-13-28/h2,5,8-9,12-23H,1,3-4,6-7,10-11H2/b23-22+. The number of hydrogen-bond acceptors (Lipinski definition) is 1. The Kier molecular flexibility index (Phi) is 8.41. The summed E-state index contributed by atoms with van der Waals surface area (Å²) in [7, 11) is 0. The van der Waals surface area contributed by atoms with E-state index in [0.29, 0.717) is 0 Å². The van der Waals surface area contributed by atoms with Gasteiger partial charge in [0, 0.05) is 5.56 Å². The summed E-state index contributed by atoms with van der Waals surface area (Å²) in [5, 5.41) is 0. The summed E-state index contributed by atoms with van der Waals surface area (Å²) in [6, 6.07) is 26.6. The second-order valence-corrected chi connectivity index (χ2v) is 7.67. The molecule has 1 heteroatoms. The number of unbranched alkanes of at least 4 members (excludes halogenated alkanes) is 3. The average Bonchev–Trinajstić information content (AvgIpc) is 2.81. The summed E-state index contributed by atoms with van der Waals surface area (Å²) in [4.78, 5) is 12.1. The van der Waals surface area contributed by atoms with Gasteiger partial charge in [-0.05, 0) is 54.0 Å². The topological polar surface area (TPSA) is 17.1 Å². The Bertz CT molecular complexity index is 948. The van der Waals surface area contributed by atoms with Crippen LogP contribution in [0.5, 0.6) is 0 Å². The summed E-state index contributed by atoms with van der Waals surface area (Å²) in [5.74, 6) is 0.0383. The lowest BCUT2D eigenvalue weighted by Gasteiger charge is -2.04. The van der Waals surface area contributed by atoms with E-state index < -0.39 is 0 Å². The lowest BCUT2D eigenvalue weighted by Crippen LogP contribution is -1.92. The zero-order valence-corrected chi connectivity index (χ0v) is 17.6. The SMILES string of the molecule is C=Cc1ccc(CCCCCCc2ccc(/C=C/C(=O)c3ccccc3)cc2)cc1. The molecule has 0 aromatic heterocycles. The van der Waals surface area contributed by atoms with Crippen molar-refractivity contribution in [1.29, 1.82) is 0 Å². The van der Waals surface area contributed by atoms with Gasteiger partial charge in [0.2, 0.25) is 0 Å². The van der Waals surface area contributed by atoms with Gasteiger partial charge in [-0.3, -0.25) is 4.79 Å². The van der Waals surface area contributed by atoms with E-state index >= 15 is 0 Å². The smallest absolute Gasteiger partial charge is 0.185 e. The maximum atomic E-state index is 12.1. The number of rotatable bonds is 11. The molecule has 0 heterocycles. The third kappa shape index (κ3) is 7.00. The predicted octanol–water partition coefficient (Wildman–Crippen LogP) is 7.57. The molecule has 30 heavy (non-hydrogen) atoms. The molecule has 0 spiro atoms. The molecule has 3 aromatic rings. The van der Waals surface area contributed by atoms with Gasteiger partial charge in [-0.1, -0.05) is 110 Å². The first-order valence-electron chi connectivity index (χ1n) is 10.8. The first-order chi connectivity index (χ1) is 14.7. The van der Waals surface area contributed by atoms with E-state index in [1.165, 1.54) is 42.4 Å². The van der Waals surface area contributed by atoms with Crippen LogP contribution in [0.15, 0.2) is 91.5 Å². The molecule has 0 saturated carbocycles. The van der Waals surface area contributed by atoms with Crippen LogP contribution in [0.3, 0.4) is 0 Å². The van der Waals surface area contributed by atoms with Gasteiger partial charge in [0.1, 0.15) is 0 Å². The minimum atomic E-state index is 0.0383. The molecule has 0 unspecified atom stereocenters. The second-order valence-electron chi connectivity index (χ2n) is 7.67. The Morgan fingerprint density at radius 1 is 0.667 bits per heavy atom. The summed E-state index contributed by atoms with van der Waals surface area (Å²) in [6.07, 6.45) is 12.7. The van der Waals surface area contributed by atoms with Crippen LogP contribution in [0.2, 0.25) is 0 Å². The van der Waals surface area contributed by atoms with Crippen LogP contribution >= 0.6 is 0 Å². The van der Waals surface area contributed by atoms with Gasteiger partial charge in [-0.25, -0.2) is 0 Å². The molecule has 152 valence electrons. The highest BCUT2D eigenvalue weighted by Gasteiger charge is 2.00. The molecular weight excluding hydrogens is 364 g/mol. The van der Waals surface area contributed by atoms with Crippen molar-refractivity contribution in [3.63, 3.8) is 0 Å². The van der Waals surface area contributed by atoms with Gasteiger partial charge < -0.3 is 0 Å². The van der Waals surface area contributed by atoms with E-state index in [0.717, 1.165) is 24.0 Å². The van der Waals surface area contributed by atoms with Crippen LogP contribution in [0, 0.1) is 0 Å². The van der Waals surface area contributed by atoms with Crippen molar-refractivity contribution in [3.05, 3.63) is 119 Å². The number of hydrogen-bond donors (Lipinski definition) is 0. The van der Waals surface area contributed by atoms with Crippen molar-refractivity contribution in [1.82, 2.24) is 0 Å². The fourth-order valence-electron chi connectivity index (χ4n) is 3.50. The number of benzene rings is 3. The van der Waals surface area contributed by atoms with E-state index in [-0.39, 0.29) is 5.78 Å². The lowest BCUT2D eigenvalue weighted by atomic mass is 10.0. The molecule has 0 aliphatic heterocycles. The summed E-state index contributed by atoms with van der Waals surface area (Å²) >= 11 is 0. The molecule has 0 fully saturated rings. The number of carbonyl (C=O) groups is 1.